The summed E-state index contributed by atoms with van der Waals surface area (Å²) in [5, 5.41) is 6.01. The molecule has 2 aromatic rings. The number of nitrogens with one attached hydrogen (secondary N) is 2. The number of amides is 1. The molecule has 0 aliphatic carbocycles. The van der Waals surface area contributed by atoms with Gasteiger partial charge in [-0.15, -0.1) is 0 Å². The Balaban J connectivity index is 2.00. The highest BCUT2D eigenvalue weighted by atomic mass is 19.1. The van der Waals surface area contributed by atoms with Crippen LogP contribution in [-0.2, 0) is 6.42 Å². The van der Waals surface area contributed by atoms with E-state index in [1.807, 2.05) is 19.9 Å². The van der Waals surface area contributed by atoms with Crippen molar-refractivity contribution >= 4 is 11.7 Å². The van der Waals surface area contributed by atoms with Crippen molar-refractivity contribution in [3.8, 4) is 0 Å². The highest BCUT2D eigenvalue weighted by molar-refractivity contribution is 5.93. The van der Waals surface area contributed by atoms with E-state index in [4.69, 9.17) is 0 Å². The van der Waals surface area contributed by atoms with E-state index in [2.05, 4.69) is 20.6 Å². The first-order valence-corrected chi connectivity index (χ1v) is 8.13. The first-order chi connectivity index (χ1) is 11.5. The summed E-state index contributed by atoms with van der Waals surface area (Å²) < 4.78 is 13.6. The minimum Gasteiger partial charge on any atom is -0.370 e. The number of nitrogens with zero attached hydrogens (tertiary/aromatic N) is 2. The lowest BCUT2D eigenvalue weighted by Gasteiger charge is -2.12. The third kappa shape index (κ3) is 5.01. The lowest BCUT2D eigenvalue weighted by Crippen LogP contribution is -2.32. The summed E-state index contributed by atoms with van der Waals surface area (Å²) >= 11 is 0. The molecule has 0 saturated heterocycles. The van der Waals surface area contributed by atoms with Crippen molar-refractivity contribution < 1.29 is 9.18 Å². The lowest BCUT2D eigenvalue weighted by atomic mass is 10.1. The first kappa shape index (κ1) is 17.8. The number of aryl methyl sites for hydroxylation is 1. The minimum atomic E-state index is -0.216. The van der Waals surface area contributed by atoms with Crippen LogP contribution in [-0.4, -0.2) is 28.5 Å². The quantitative estimate of drug-likeness (QED) is 0.818. The van der Waals surface area contributed by atoms with Gasteiger partial charge in [-0.3, -0.25) is 4.79 Å². The molecule has 2 N–H and O–H groups in total. The molecule has 1 unspecified atom stereocenters. The van der Waals surface area contributed by atoms with Crippen molar-refractivity contribution in [1.82, 2.24) is 15.3 Å². The van der Waals surface area contributed by atoms with Crippen molar-refractivity contribution in [2.24, 2.45) is 0 Å². The number of rotatable bonds is 7. The third-order valence-corrected chi connectivity index (χ3v) is 3.72. The van der Waals surface area contributed by atoms with Gasteiger partial charge < -0.3 is 10.6 Å². The average molecular weight is 330 g/mol. The van der Waals surface area contributed by atoms with E-state index < -0.39 is 0 Å². The molecule has 0 aliphatic heterocycles. The molecule has 1 atom stereocenters. The maximum atomic E-state index is 13.6. The van der Waals surface area contributed by atoms with Crippen LogP contribution in [0.3, 0.4) is 0 Å². The smallest absolute Gasteiger partial charge is 0.270 e. The molecule has 1 aromatic carbocycles. The number of hydrogen-bond donors (Lipinski definition) is 2. The van der Waals surface area contributed by atoms with E-state index in [-0.39, 0.29) is 17.8 Å². The fourth-order valence-electron chi connectivity index (χ4n) is 2.20. The Bertz CT molecular complexity index is 705. The van der Waals surface area contributed by atoms with E-state index in [9.17, 15) is 9.18 Å². The van der Waals surface area contributed by atoms with Crippen LogP contribution in [0.15, 0.2) is 30.3 Å². The van der Waals surface area contributed by atoms with Crippen LogP contribution in [0.25, 0.3) is 0 Å². The number of aromatic nitrogens is 2. The largest absolute Gasteiger partial charge is 0.370 e. The fourth-order valence-corrected chi connectivity index (χ4v) is 2.20. The number of hydrogen-bond acceptors (Lipinski definition) is 4. The molecule has 0 aliphatic rings. The summed E-state index contributed by atoms with van der Waals surface area (Å²) in [7, 11) is 0. The molecule has 0 radical (unpaired) electrons. The van der Waals surface area contributed by atoms with E-state index in [0.717, 1.165) is 6.42 Å². The van der Waals surface area contributed by atoms with Crippen molar-refractivity contribution in [2.45, 2.75) is 39.7 Å². The molecule has 0 saturated carbocycles. The van der Waals surface area contributed by atoms with Crippen LogP contribution in [0.5, 0.6) is 0 Å². The Morgan fingerprint density at radius 2 is 2.04 bits per heavy atom. The van der Waals surface area contributed by atoms with Crippen LogP contribution in [0, 0.1) is 12.7 Å². The molecule has 1 heterocycles. The van der Waals surface area contributed by atoms with Crippen LogP contribution >= 0.6 is 0 Å². The predicted octanol–water partition coefficient (Wildman–Crippen LogP) is 3.11. The van der Waals surface area contributed by atoms with Gasteiger partial charge in [-0.2, -0.15) is 0 Å². The van der Waals surface area contributed by atoms with Crippen LogP contribution in [0.4, 0.5) is 10.2 Å². The van der Waals surface area contributed by atoms with Gasteiger partial charge >= 0.3 is 0 Å². The number of halogens is 1. The van der Waals surface area contributed by atoms with Gasteiger partial charge in [-0.05, 0) is 38.3 Å². The zero-order chi connectivity index (χ0) is 17.5. The first-order valence-electron chi connectivity index (χ1n) is 8.13. The monoisotopic (exact) mass is 330 g/mol. The second-order valence-corrected chi connectivity index (χ2v) is 5.74. The van der Waals surface area contributed by atoms with Crippen molar-refractivity contribution in [2.75, 3.05) is 11.9 Å². The summed E-state index contributed by atoms with van der Waals surface area (Å²) in [4.78, 5) is 20.6. The number of carbonyl (C=O) groups is 1. The van der Waals surface area contributed by atoms with Gasteiger partial charge in [0.2, 0.25) is 0 Å². The van der Waals surface area contributed by atoms with Gasteiger partial charge in [0.05, 0.1) is 0 Å². The van der Waals surface area contributed by atoms with Gasteiger partial charge in [0.25, 0.3) is 5.91 Å². The fraction of sp³-hybridized carbons (Fsp3) is 0.389. The Labute approximate surface area is 141 Å². The van der Waals surface area contributed by atoms with Crippen LogP contribution in [0.2, 0.25) is 0 Å². The molecule has 0 fully saturated rings. The Morgan fingerprint density at radius 3 is 2.75 bits per heavy atom. The molecule has 1 aromatic heterocycles. The van der Waals surface area contributed by atoms with E-state index in [0.29, 0.717) is 35.9 Å². The molecule has 0 bridgehead atoms. The van der Waals surface area contributed by atoms with Gasteiger partial charge in [-0.25, -0.2) is 14.4 Å². The second-order valence-electron chi connectivity index (χ2n) is 5.74. The van der Waals surface area contributed by atoms with Crippen LogP contribution < -0.4 is 10.6 Å². The van der Waals surface area contributed by atoms with Gasteiger partial charge in [0, 0.05) is 18.7 Å². The molecule has 1 amide bonds. The highest BCUT2D eigenvalue weighted by Crippen LogP contribution is 2.10. The minimum absolute atomic E-state index is 0.0882. The summed E-state index contributed by atoms with van der Waals surface area (Å²) in [6, 6.07) is 8.39. The standard InChI is InChI=1S/C18H23FN4O/c1-4-12(2)21-18(24)16-11-17(23-13(3)22-16)20-10-9-14-7-5-6-8-15(14)19/h5-8,11-12H,4,9-10H2,1-3H3,(H,21,24)(H,20,22,23). The molecule has 2 rings (SSSR count). The van der Waals surface area contributed by atoms with Crippen molar-refractivity contribution in [1.29, 1.82) is 0 Å². The van der Waals surface area contributed by atoms with Gasteiger partial charge in [0.1, 0.15) is 23.2 Å². The molecular weight excluding hydrogens is 307 g/mol. The number of benzene rings is 1. The van der Waals surface area contributed by atoms with E-state index in [1.165, 1.54) is 6.07 Å². The Hall–Kier alpha value is -2.50. The summed E-state index contributed by atoms with van der Waals surface area (Å²) in [5.74, 6) is 0.645. The van der Waals surface area contributed by atoms with Gasteiger partial charge in [-0.1, -0.05) is 25.1 Å². The summed E-state index contributed by atoms with van der Waals surface area (Å²) in [6.07, 6.45) is 1.38. The topological polar surface area (TPSA) is 66.9 Å². The SMILES string of the molecule is CCC(C)NC(=O)c1cc(NCCc2ccccc2F)nc(C)n1. The molecule has 5 nitrogen and oxygen atoms in total. The molecular formula is C18H23FN4O. The van der Waals surface area contributed by atoms with Crippen molar-refractivity contribution in [3.63, 3.8) is 0 Å². The maximum Gasteiger partial charge on any atom is 0.270 e. The number of carbonyl (C=O) groups excluding carboxylic acids is 1. The second kappa shape index (κ2) is 8.38. The molecule has 128 valence electrons. The third-order valence-electron chi connectivity index (χ3n) is 3.72. The zero-order valence-corrected chi connectivity index (χ0v) is 14.3. The number of anilines is 1. The lowest BCUT2D eigenvalue weighted by molar-refractivity contribution is 0.0934. The predicted molar refractivity (Wildman–Crippen MR) is 92.6 cm³/mol. The summed E-state index contributed by atoms with van der Waals surface area (Å²) in [5.41, 5.74) is 0.974. The average Bonchev–Trinajstić information content (AvgIpc) is 2.56. The van der Waals surface area contributed by atoms with Crippen molar-refractivity contribution in [3.05, 3.63) is 53.2 Å². The summed E-state index contributed by atoms with van der Waals surface area (Å²) in [6.45, 7) is 6.21. The molecule has 24 heavy (non-hydrogen) atoms. The zero-order valence-electron chi connectivity index (χ0n) is 14.3. The Morgan fingerprint density at radius 1 is 1.29 bits per heavy atom. The Kier molecular flexibility index (Phi) is 6.23. The molecule has 6 heteroatoms. The van der Waals surface area contributed by atoms with Crippen LogP contribution in [0.1, 0.15) is 42.1 Å². The highest BCUT2D eigenvalue weighted by Gasteiger charge is 2.12. The van der Waals surface area contributed by atoms with E-state index in [1.54, 1.807) is 25.1 Å². The van der Waals surface area contributed by atoms with E-state index >= 15 is 0 Å². The normalized spacial score (nSPS) is 11.8. The van der Waals surface area contributed by atoms with Gasteiger partial charge in [0.15, 0.2) is 0 Å². The molecule has 0 spiro atoms. The maximum absolute atomic E-state index is 13.6.